The molecule has 0 bridgehead atoms. The van der Waals surface area contributed by atoms with Crippen LogP contribution in [0.3, 0.4) is 0 Å². The molecule has 0 amide bonds. The number of benzene rings is 1. The van der Waals surface area contributed by atoms with Crippen LogP contribution in [0.1, 0.15) is 57.2 Å². The standard InChI is InChI=1S/C18H23N3O2.ClH/c19-18(11-4-12-18)17-20-16(23-21-17)13-7-9-15(10-8-13)22-14-5-2-1-3-6-14;/h7-10,14H,1-6,11-12,19H2;1H. The highest BCUT2D eigenvalue weighted by Crippen LogP contribution is 2.37. The Morgan fingerprint density at radius 2 is 1.75 bits per heavy atom. The van der Waals surface area contributed by atoms with Crippen molar-refractivity contribution in [2.45, 2.75) is 63.0 Å². The second kappa shape index (κ2) is 7.11. The largest absolute Gasteiger partial charge is 0.490 e. The summed E-state index contributed by atoms with van der Waals surface area (Å²) in [6, 6.07) is 7.91. The van der Waals surface area contributed by atoms with Crippen LogP contribution in [-0.4, -0.2) is 16.2 Å². The van der Waals surface area contributed by atoms with Gasteiger partial charge in [0.15, 0.2) is 5.82 Å². The van der Waals surface area contributed by atoms with Gasteiger partial charge in [-0.3, -0.25) is 0 Å². The Morgan fingerprint density at radius 3 is 2.38 bits per heavy atom. The number of nitrogens with zero attached hydrogens (tertiary/aromatic N) is 2. The van der Waals surface area contributed by atoms with Gasteiger partial charge in [-0.1, -0.05) is 11.6 Å². The normalized spacial score (nSPS) is 20.0. The van der Waals surface area contributed by atoms with Crippen molar-refractivity contribution in [3.8, 4) is 17.2 Å². The number of nitrogens with two attached hydrogens (primary N) is 1. The van der Waals surface area contributed by atoms with Crippen LogP contribution in [-0.2, 0) is 5.54 Å². The Balaban J connectivity index is 0.00000169. The molecule has 2 saturated carbocycles. The summed E-state index contributed by atoms with van der Waals surface area (Å²) in [7, 11) is 0. The molecule has 1 aromatic carbocycles. The Hall–Kier alpha value is -1.59. The van der Waals surface area contributed by atoms with E-state index in [-0.39, 0.29) is 17.9 Å². The van der Waals surface area contributed by atoms with Crippen LogP contribution in [0.2, 0.25) is 0 Å². The van der Waals surface area contributed by atoms with Crippen LogP contribution in [0.25, 0.3) is 11.5 Å². The zero-order valence-corrected chi connectivity index (χ0v) is 14.6. The van der Waals surface area contributed by atoms with E-state index < -0.39 is 0 Å². The fourth-order valence-corrected chi connectivity index (χ4v) is 3.38. The molecule has 130 valence electrons. The van der Waals surface area contributed by atoms with Gasteiger partial charge in [-0.15, -0.1) is 12.4 Å². The molecule has 2 aliphatic rings. The number of rotatable bonds is 4. The molecular weight excluding hydrogens is 326 g/mol. The second-order valence-corrected chi connectivity index (χ2v) is 6.84. The Morgan fingerprint density at radius 1 is 1.04 bits per heavy atom. The van der Waals surface area contributed by atoms with Gasteiger partial charge in [0, 0.05) is 5.56 Å². The fraction of sp³-hybridized carbons (Fsp3) is 0.556. The van der Waals surface area contributed by atoms with Crippen molar-refractivity contribution in [2.24, 2.45) is 5.73 Å². The first-order chi connectivity index (χ1) is 11.2. The van der Waals surface area contributed by atoms with E-state index in [1.807, 2.05) is 24.3 Å². The summed E-state index contributed by atoms with van der Waals surface area (Å²) < 4.78 is 11.4. The second-order valence-electron chi connectivity index (χ2n) is 6.84. The average Bonchev–Trinajstić information content (AvgIpc) is 3.05. The molecular formula is C18H24ClN3O2. The lowest BCUT2D eigenvalue weighted by Crippen LogP contribution is -2.44. The summed E-state index contributed by atoms with van der Waals surface area (Å²) in [5.41, 5.74) is 6.76. The molecule has 6 heteroatoms. The topological polar surface area (TPSA) is 74.2 Å². The highest BCUT2D eigenvalue weighted by molar-refractivity contribution is 5.85. The molecule has 0 atom stereocenters. The van der Waals surface area contributed by atoms with Gasteiger partial charge in [0.05, 0.1) is 11.6 Å². The third kappa shape index (κ3) is 3.42. The van der Waals surface area contributed by atoms with Crippen LogP contribution in [0.15, 0.2) is 28.8 Å². The van der Waals surface area contributed by atoms with E-state index in [0.717, 1.165) is 43.4 Å². The Bertz CT molecular complexity index is 661. The minimum absolute atomic E-state index is 0. The summed E-state index contributed by atoms with van der Waals surface area (Å²) in [4.78, 5) is 4.48. The lowest BCUT2D eigenvalue weighted by Gasteiger charge is -2.34. The molecule has 4 rings (SSSR count). The van der Waals surface area contributed by atoms with Gasteiger partial charge in [0.2, 0.25) is 0 Å². The number of halogens is 1. The molecule has 0 aliphatic heterocycles. The molecule has 24 heavy (non-hydrogen) atoms. The summed E-state index contributed by atoms with van der Waals surface area (Å²) in [6.45, 7) is 0. The van der Waals surface area contributed by atoms with Gasteiger partial charge in [-0.05, 0) is 69.2 Å². The number of hydrogen-bond donors (Lipinski definition) is 1. The van der Waals surface area contributed by atoms with Crippen molar-refractivity contribution in [2.75, 3.05) is 0 Å². The lowest BCUT2D eigenvalue weighted by atomic mass is 9.77. The van der Waals surface area contributed by atoms with E-state index >= 15 is 0 Å². The third-order valence-electron chi connectivity index (χ3n) is 5.07. The quantitative estimate of drug-likeness (QED) is 0.895. The SMILES string of the molecule is Cl.NC1(c2noc(-c3ccc(OC4CCCCC4)cc3)n2)CCC1. The zero-order valence-electron chi connectivity index (χ0n) is 13.7. The van der Waals surface area contributed by atoms with Gasteiger partial charge >= 0.3 is 0 Å². The van der Waals surface area contributed by atoms with Crippen LogP contribution in [0, 0.1) is 0 Å². The Labute approximate surface area is 148 Å². The van der Waals surface area contributed by atoms with Gasteiger partial charge in [0.1, 0.15) is 5.75 Å². The van der Waals surface area contributed by atoms with E-state index in [9.17, 15) is 0 Å². The molecule has 1 aromatic heterocycles. The molecule has 5 nitrogen and oxygen atoms in total. The number of aromatic nitrogens is 2. The van der Waals surface area contributed by atoms with Gasteiger partial charge in [0.25, 0.3) is 5.89 Å². The maximum absolute atomic E-state index is 6.24. The Kier molecular flexibility index (Phi) is 5.11. The summed E-state index contributed by atoms with van der Waals surface area (Å²) in [6.07, 6.45) is 9.55. The fourth-order valence-electron chi connectivity index (χ4n) is 3.38. The first kappa shape index (κ1) is 17.2. The van der Waals surface area contributed by atoms with Crippen LogP contribution >= 0.6 is 12.4 Å². The van der Waals surface area contributed by atoms with Crippen LogP contribution in [0.5, 0.6) is 5.75 Å². The smallest absolute Gasteiger partial charge is 0.257 e. The van der Waals surface area contributed by atoms with Gasteiger partial charge in [-0.2, -0.15) is 4.98 Å². The molecule has 0 unspecified atom stereocenters. The molecule has 0 saturated heterocycles. The number of hydrogen-bond acceptors (Lipinski definition) is 5. The van der Waals surface area contributed by atoms with Gasteiger partial charge < -0.3 is 15.0 Å². The van der Waals surface area contributed by atoms with Crippen molar-refractivity contribution in [3.05, 3.63) is 30.1 Å². The minimum Gasteiger partial charge on any atom is -0.490 e. The maximum atomic E-state index is 6.24. The first-order valence-corrected chi connectivity index (χ1v) is 8.63. The van der Waals surface area contributed by atoms with E-state index in [0.29, 0.717) is 17.8 Å². The summed E-state index contributed by atoms with van der Waals surface area (Å²) in [5.74, 6) is 2.07. The number of ether oxygens (including phenoxy) is 1. The van der Waals surface area contributed by atoms with E-state index in [1.165, 1.54) is 19.3 Å². The van der Waals surface area contributed by atoms with E-state index in [4.69, 9.17) is 15.0 Å². The maximum Gasteiger partial charge on any atom is 0.257 e. The molecule has 2 aromatic rings. The third-order valence-corrected chi connectivity index (χ3v) is 5.07. The molecule has 2 fully saturated rings. The molecule has 0 spiro atoms. The molecule has 0 radical (unpaired) electrons. The van der Waals surface area contributed by atoms with Crippen LogP contribution < -0.4 is 10.5 Å². The van der Waals surface area contributed by atoms with Crippen molar-refractivity contribution in [1.29, 1.82) is 0 Å². The average molecular weight is 350 g/mol. The van der Waals surface area contributed by atoms with E-state index in [2.05, 4.69) is 10.1 Å². The van der Waals surface area contributed by atoms with Crippen LogP contribution in [0.4, 0.5) is 0 Å². The van der Waals surface area contributed by atoms with E-state index in [1.54, 1.807) is 0 Å². The highest BCUT2D eigenvalue weighted by Gasteiger charge is 2.39. The molecule has 2 N–H and O–H groups in total. The monoisotopic (exact) mass is 349 g/mol. The predicted molar refractivity (Wildman–Crippen MR) is 94.2 cm³/mol. The van der Waals surface area contributed by atoms with Crippen molar-refractivity contribution < 1.29 is 9.26 Å². The van der Waals surface area contributed by atoms with Crippen molar-refractivity contribution >= 4 is 12.4 Å². The van der Waals surface area contributed by atoms with Crippen molar-refractivity contribution in [3.63, 3.8) is 0 Å². The molecule has 1 heterocycles. The summed E-state index contributed by atoms with van der Waals surface area (Å²) >= 11 is 0. The minimum atomic E-state index is -0.383. The lowest BCUT2D eigenvalue weighted by molar-refractivity contribution is 0.155. The summed E-state index contributed by atoms with van der Waals surface area (Å²) in [5, 5.41) is 4.06. The van der Waals surface area contributed by atoms with Gasteiger partial charge in [-0.25, -0.2) is 0 Å². The first-order valence-electron chi connectivity index (χ1n) is 8.63. The molecule has 2 aliphatic carbocycles. The zero-order chi connectivity index (χ0) is 15.7. The highest BCUT2D eigenvalue weighted by atomic mass is 35.5. The van der Waals surface area contributed by atoms with Crippen molar-refractivity contribution in [1.82, 2.24) is 10.1 Å². The predicted octanol–water partition coefficient (Wildman–Crippen LogP) is 4.21.